The number of hydrogen-bond donors (Lipinski definition) is 1. The summed E-state index contributed by atoms with van der Waals surface area (Å²) in [6.45, 7) is 1.77. The van der Waals surface area contributed by atoms with Gasteiger partial charge >= 0.3 is 0 Å². The van der Waals surface area contributed by atoms with Crippen LogP contribution in [0, 0.1) is 0 Å². The lowest BCUT2D eigenvalue weighted by molar-refractivity contribution is 0.0363. The number of carbonyl (C=O) groups is 2. The Hall–Kier alpha value is -1.94. The zero-order valence-corrected chi connectivity index (χ0v) is 9.84. The summed E-state index contributed by atoms with van der Waals surface area (Å²) in [4.78, 5) is 24.5. The first-order valence-electron chi connectivity index (χ1n) is 5.87. The topological polar surface area (TPSA) is 63.6 Å². The molecule has 1 aliphatic carbocycles. The normalized spacial score (nSPS) is 26.6. The van der Waals surface area contributed by atoms with Crippen molar-refractivity contribution >= 4 is 11.6 Å². The maximum absolute atomic E-state index is 12.3. The number of hydrogen-bond acceptors (Lipinski definition) is 4. The van der Waals surface area contributed by atoms with E-state index in [1.165, 1.54) is 0 Å². The minimum Gasteiger partial charge on any atom is -0.486 e. The minimum atomic E-state index is -0.923. The first kappa shape index (κ1) is 11.2. The molecule has 0 fully saturated rings. The van der Waals surface area contributed by atoms with Gasteiger partial charge < -0.3 is 9.84 Å². The van der Waals surface area contributed by atoms with Crippen molar-refractivity contribution in [3.63, 3.8) is 0 Å². The van der Waals surface area contributed by atoms with Crippen molar-refractivity contribution in [2.24, 2.45) is 0 Å². The van der Waals surface area contributed by atoms with Crippen LogP contribution in [0.25, 0.3) is 0 Å². The van der Waals surface area contributed by atoms with Gasteiger partial charge in [-0.1, -0.05) is 24.3 Å². The molecule has 92 valence electrons. The van der Waals surface area contributed by atoms with Gasteiger partial charge in [-0.25, -0.2) is 0 Å². The predicted octanol–water partition coefficient (Wildman–Crippen LogP) is 1.49. The largest absolute Gasteiger partial charge is 0.486 e. The fraction of sp³-hybridized carbons (Fsp3) is 0.286. The van der Waals surface area contributed by atoms with E-state index in [4.69, 9.17) is 4.74 Å². The molecule has 0 bridgehead atoms. The predicted molar refractivity (Wildman–Crippen MR) is 63.3 cm³/mol. The lowest BCUT2D eigenvalue weighted by Crippen LogP contribution is -2.37. The Morgan fingerprint density at radius 1 is 1.17 bits per heavy atom. The Morgan fingerprint density at radius 3 is 2.44 bits per heavy atom. The lowest BCUT2D eigenvalue weighted by atomic mass is 9.83. The summed E-state index contributed by atoms with van der Waals surface area (Å²) in [5.41, 5.74) is 0.804. The van der Waals surface area contributed by atoms with Crippen molar-refractivity contribution in [1.82, 2.24) is 0 Å². The molecule has 4 nitrogen and oxygen atoms in total. The number of aliphatic hydroxyl groups excluding tert-OH is 1. The molecule has 0 spiro atoms. The standard InChI is InChI=1S/C14H12O4/c1-7-6-10(15)11-12(16)8-4-2-3-5-9(8)13(17)14(11)18-7/h2-5,7,10,15H,6H2,1H3/t7?,10-/m0/s1. The number of carbonyl (C=O) groups excluding carboxylic acids is 2. The number of allylic oxidation sites excluding steroid dienone is 1. The fourth-order valence-electron chi connectivity index (χ4n) is 2.47. The van der Waals surface area contributed by atoms with E-state index < -0.39 is 6.10 Å². The van der Waals surface area contributed by atoms with Gasteiger partial charge in [0, 0.05) is 17.5 Å². The zero-order chi connectivity index (χ0) is 12.9. The number of benzene rings is 1. The Bertz CT molecular complexity index is 585. The molecule has 1 heterocycles. The quantitative estimate of drug-likeness (QED) is 0.751. The third kappa shape index (κ3) is 1.42. The summed E-state index contributed by atoms with van der Waals surface area (Å²) in [6, 6.07) is 6.62. The third-order valence-electron chi connectivity index (χ3n) is 3.32. The maximum Gasteiger partial charge on any atom is 0.228 e. The van der Waals surface area contributed by atoms with Gasteiger partial charge in [0.25, 0.3) is 0 Å². The van der Waals surface area contributed by atoms with Crippen LogP contribution in [-0.2, 0) is 4.74 Å². The molecule has 0 saturated heterocycles. The van der Waals surface area contributed by atoms with Crippen molar-refractivity contribution in [2.75, 3.05) is 0 Å². The minimum absolute atomic E-state index is 0.0185. The summed E-state index contributed by atoms with van der Waals surface area (Å²) in [5, 5.41) is 9.98. The molecule has 0 radical (unpaired) electrons. The number of rotatable bonds is 0. The highest BCUT2D eigenvalue weighted by atomic mass is 16.5. The summed E-state index contributed by atoms with van der Waals surface area (Å²) in [5.74, 6) is -0.602. The lowest BCUT2D eigenvalue weighted by Gasteiger charge is -2.31. The second-order valence-corrected chi connectivity index (χ2v) is 4.63. The van der Waals surface area contributed by atoms with Crippen LogP contribution >= 0.6 is 0 Å². The molecule has 18 heavy (non-hydrogen) atoms. The van der Waals surface area contributed by atoms with E-state index in [9.17, 15) is 14.7 Å². The van der Waals surface area contributed by atoms with E-state index in [2.05, 4.69) is 0 Å². The number of ether oxygens (including phenoxy) is 1. The Balaban J connectivity index is 2.20. The van der Waals surface area contributed by atoms with Gasteiger partial charge in [-0.05, 0) is 6.92 Å². The molecule has 0 amide bonds. The number of fused-ring (bicyclic) bond motifs is 1. The SMILES string of the molecule is CC1C[C@H](O)C2=C(O1)C(=O)c1ccccc1C2=O. The molecule has 1 unspecified atom stereocenters. The smallest absolute Gasteiger partial charge is 0.228 e. The molecule has 2 aliphatic rings. The maximum atomic E-state index is 12.3. The molecular formula is C14H12O4. The van der Waals surface area contributed by atoms with Crippen molar-refractivity contribution in [3.8, 4) is 0 Å². The van der Waals surface area contributed by atoms with Gasteiger partial charge in [-0.2, -0.15) is 0 Å². The van der Waals surface area contributed by atoms with Crippen LogP contribution < -0.4 is 0 Å². The summed E-state index contributed by atoms with van der Waals surface area (Å²) >= 11 is 0. The van der Waals surface area contributed by atoms with Gasteiger partial charge in [0.1, 0.15) is 0 Å². The first-order chi connectivity index (χ1) is 8.59. The van der Waals surface area contributed by atoms with E-state index in [0.717, 1.165) is 0 Å². The Morgan fingerprint density at radius 2 is 1.78 bits per heavy atom. The molecule has 1 aromatic rings. The highest BCUT2D eigenvalue weighted by Gasteiger charge is 2.40. The van der Waals surface area contributed by atoms with Crippen molar-refractivity contribution in [1.29, 1.82) is 0 Å². The van der Waals surface area contributed by atoms with Crippen LogP contribution in [0.2, 0.25) is 0 Å². The van der Waals surface area contributed by atoms with Gasteiger partial charge in [-0.15, -0.1) is 0 Å². The van der Waals surface area contributed by atoms with E-state index >= 15 is 0 Å². The van der Waals surface area contributed by atoms with Crippen LogP contribution in [0.15, 0.2) is 35.6 Å². The van der Waals surface area contributed by atoms with Crippen LogP contribution in [0.3, 0.4) is 0 Å². The van der Waals surface area contributed by atoms with Crippen molar-refractivity contribution in [2.45, 2.75) is 25.6 Å². The second-order valence-electron chi connectivity index (χ2n) is 4.63. The van der Waals surface area contributed by atoms with E-state index in [-0.39, 0.29) is 29.0 Å². The molecular weight excluding hydrogens is 232 g/mol. The monoisotopic (exact) mass is 244 g/mol. The van der Waals surface area contributed by atoms with Crippen LogP contribution in [-0.4, -0.2) is 28.9 Å². The molecule has 1 aliphatic heterocycles. The van der Waals surface area contributed by atoms with Crippen molar-refractivity contribution in [3.05, 3.63) is 46.7 Å². The van der Waals surface area contributed by atoms with Crippen LogP contribution in [0.4, 0.5) is 0 Å². The van der Waals surface area contributed by atoms with E-state index in [0.29, 0.717) is 17.5 Å². The molecule has 3 rings (SSSR count). The highest BCUT2D eigenvalue weighted by molar-refractivity contribution is 6.26. The molecule has 2 atom stereocenters. The summed E-state index contributed by atoms with van der Waals surface area (Å²) in [7, 11) is 0. The van der Waals surface area contributed by atoms with E-state index in [1.807, 2.05) is 0 Å². The van der Waals surface area contributed by atoms with Gasteiger partial charge in [0.2, 0.25) is 5.78 Å². The molecule has 1 N–H and O–H groups in total. The summed E-state index contributed by atoms with van der Waals surface area (Å²) in [6.07, 6.45) is -0.852. The zero-order valence-electron chi connectivity index (χ0n) is 9.84. The van der Waals surface area contributed by atoms with Crippen LogP contribution in [0.1, 0.15) is 34.1 Å². The van der Waals surface area contributed by atoms with Crippen LogP contribution in [0.5, 0.6) is 0 Å². The Kier molecular flexibility index (Phi) is 2.35. The Labute approximate surface area is 104 Å². The van der Waals surface area contributed by atoms with E-state index in [1.54, 1.807) is 31.2 Å². The van der Waals surface area contributed by atoms with Crippen molar-refractivity contribution < 1.29 is 19.4 Å². The molecule has 0 aromatic heterocycles. The summed E-state index contributed by atoms with van der Waals surface area (Å²) < 4.78 is 5.45. The average molecular weight is 244 g/mol. The van der Waals surface area contributed by atoms with Gasteiger partial charge in [0.05, 0.1) is 17.8 Å². The average Bonchev–Trinajstić information content (AvgIpc) is 2.35. The second kappa shape index (κ2) is 3.78. The first-order valence-corrected chi connectivity index (χ1v) is 5.87. The molecule has 4 heteroatoms. The van der Waals surface area contributed by atoms with Gasteiger partial charge in [-0.3, -0.25) is 9.59 Å². The molecule has 0 saturated carbocycles. The fourth-order valence-corrected chi connectivity index (χ4v) is 2.47. The highest BCUT2D eigenvalue weighted by Crippen LogP contribution is 2.34. The number of aliphatic hydroxyl groups is 1. The number of Topliss-reactive ketones (excluding diaryl/α,β-unsaturated/α-hetero) is 2. The molecule has 1 aromatic carbocycles. The third-order valence-corrected chi connectivity index (χ3v) is 3.32. The number of ketones is 2. The van der Waals surface area contributed by atoms with Gasteiger partial charge in [0.15, 0.2) is 11.5 Å².